The van der Waals surface area contributed by atoms with Gasteiger partial charge in [0, 0.05) is 12.3 Å². The molecular formula is C13H14F2O. The average molecular weight is 224 g/mol. The maximum absolute atomic E-state index is 13.2. The highest BCUT2D eigenvalue weighted by atomic mass is 19.1. The van der Waals surface area contributed by atoms with Gasteiger partial charge < -0.3 is 0 Å². The Bertz CT molecular complexity index is 397. The molecule has 1 fully saturated rings. The Morgan fingerprint density at radius 1 is 1.31 bits per heavy atom. The molecule has 0 saturated heterocycles. The molecule has 16 heavy (non-hydrogen) atoms. The second-order valence-electron chi connectivity index (χ2n) is 4.33. The second kappa shape index (κ2) is 4.73. The zero-order valence-electron chi connectivity index (χ0n) is 9.01. The number of halogens is 2. The molecule has 2 rings (SSSR count). The fraction of sp³-hybridized carbons (Fsp3) is 0.462. The fourth-order valence-electron chi connectivity index (χ4n) is 1.80. The molecule has 1 aliphatic carbocycles. The van der Waals surface area contributed by atoms with E-state index in [-0.39, 0.29) is 17.5 Å². The van der Waals surface area contributed by atoms with Crippen molar-refractivity contribution in [1.82, 2.24) is 0 Å². The molecule has 1 saturated carbocycles. The number of benzene rings is 1. The van der Waals surface area contributed by atoms with Crippen LogP contribution in [0, 0.1) is 17.6 Å². The van der Waals surface area contributed by atoms with E-state index in [1.54, 1.807) is 0 Å². The minimum Gasteiger partial charge on any atom is -0.299 e. The Morgan fingerprint density at radius 3 is 2.75 bits per heavy atom. The van der Waals surface area contributed by atoms with E-state index in [4.69, 9.17) is 0 Å². The van der Waals surface area contributed by atoms with E-state index < -0.39 is 5.82 Å². The van der Waals surface area contributed by atoms with Crippen molar-refractivity contribution in [2.75, 3.05) is 0 Å². The van der Waals surface area contributed by atoms with E-state index in [0.29, 0.717) is 24.8 Å². The molecular weight excluding hydrogens is 210 g/mol. The lowest BCUT2D eigenvalue weighted by Crippen LogP contribution is -2.01. The summed E-state index contributed by atoms with van der Waals surface area (Å²) in [6.45, 7) is 0. The highest BCUT2D eigenvalue weighted by Gasteiger charge is 2.28. The Kier molecular flexibility index (Phi) is 3.32. The van der Waals surface area contributed by atoms with E-state index in [9.17, 15) is 13.6 Å². The highest BCUT2D eigenvalue weighted by Crippen LogP contribution is 2.31. The van der Waals surface area contributed by atoms with Crippen LogP contribution in [-0.4, -0.2) is 5.78 Å². The average Bonchev–Trinajstić information content (AvgIpc) is 3.06. The van der Waals surface area contributed by atoms with Gasteiger partial charge in [0.25, 0.3) is 0 Å². The molecule has 0 unspecified atom stereocenters. The van der Waals surface area contributed by atoms with Gasteiger partial charge in [-0.2, -0.15) is 0 Å². The monoisotopic (exact) mass is 224 g/mol. The Morgan fingerprint density at radius 2 is 2.06 bits per heavy atom. The summed E-state index contributed by atoms with van der Waals surface area (Å²) in [6, 6.07) is 3.44. The number of rotatable bonds is 5. The number of hydrogen-bond donors (Lipinski definition) is 0. The lowest BCUT2D eigenvalue weighted by molar-refractivity contribution is -0.120. The molecule has 86 valence electrons. The molecule has 0 atom stereocenters. The van der Waals surface area contributed by atoms with Gasteiger partial charge in [-0.15, -0.1) is 0 Å². The summed E-state index contributed by atoms with van der Waals surface area (Å²) in [5.74, 6) is -0.278. The first-order valence-corrected chi connectivity index (χ1v) is 5.63. The maximum atomic E-state index is 13.2. The van der Waals surface area contributed by atoms with Gasteiger partial charge in [-0.1, -0.05) is 0 Å². The van der Waals surface area contributed by atoms with Gasteiger partial charge in [0.2, 0.25) is 0 Å². The van der Waals surface area contributed by atoms with Crippen molar-refractivity contribution in [3.05, 3.63) is 35.4 Å². The molecule has 0 heterocycles. The third-order valence-electron chi connectivity index (χ3n) is 2.91. The molecule has 0 N–H and O–H groups in total. The largest absolute Gasteiger partial charge is 0.299 e. The first kappa shape index (κ1) is 11.2. The molecule has 1 nitrogen and oxygen atoms in total. The number of hydrogen-bond acceptors (Lipinski definition) is 1. The molecule has 0 amide bonds. The predicted octanol–water partition coefficient (Wildman–Crippen LogP) is 3.27. The van der Waals surface area contributed by atoms with Crippen LogP contribution in [0.3, 0.4) is 0 Å². The van der Waals surface area contributed by atoms with Crippen LogP contribution < -0.4 is 0 Å². The van der Waals surface area contributed by atoms with Crippen molar-refractivity contribution in [3.63, 3.8) is 0 Å². The Balaban J connectivity index is 1.84. The third kappa shape index (κ3) is 2.87. The second-order valence-corrected chi connectivity index (χ2v) is 4.33. The molecule has 0 aromatic heterocycles. The van der Waals surface area contributed by atoms with Gasteiger partial charge in [-0.3, -0.25) is 4.79 Å². The minimum atomic E-state index is -0.426. The van der Waals surface area contributed by atoms with Crippen molar-refractivity contribution in [2.24, 2.45) is 5.92 Å². The quantitative estimate of drug-likeness (QED) is 0.750. The molecule has 0 bridgehead atoms. The predicted molar refractivity (Wildman–Crippen MR) is 57.0 cm³/mol. The standard InChI is InChI=1S/C13H14F2O/c14-11-6-7-12(15)10(8-11)2-1-3-13(16)9-4-5-9/h6-9H,1-5H2. The molecule has 0 spiro atoms. The van der Waals surface area contributed by atoms with E-state index in [1.807, 2.05) is 0 Å². The smallest absolute Gasteiger partial charge is 0.135 e. The first-order valence-electron chi connectivity index (χ1n) is 5.63. The van der Waals surface area contributed by atoms with Gasteiger partial charge in [0.05, 0.1) is 0 Å². The number of aryl methyl sites for hydroxylation is 1. The van der Waals surface area contributed by atoms with Crippen LogP contribution in [-0.2, 0) is 11.2 Å². The van der Waals surface area contributed by atoms with Gasteiger partial charge in [0.15, 0.2) is 0 Å². The Hall–Kier alpha value is -1.25. The van der Waals surface area contributed by atoms with Crippen LogP contribution in [0.2, 0.25) is 0 Å². The van der Waals surface area contributed by atoms with Crippen LogP contribution >= 0.6 is 0 Å². The summed E-state index contributed by atoms with van der Waals surface area (Å²) in [4.78, 5) is 11.4. The summed E-state index contributed by atoms with van der Waals surface area (Å²) in [5, 5.41) is 0. The van der Waals surface area contributed by atoms with E-state index >= 15 is 0 Å². The van der Waals surface area contributed by atoms with Gasteiger partial charge in [-0.05, 0) is 49.4 Å². The fourth-order valence-corrected chi connectivity index (χ4v) is 1.80. The van der Waals surface area contributed by atoms with Crippen LogP contribution in [0.4, 0.5) is 8.78 Å². The van der Waals surface area contributed by atoms with Crippen molar-refractivity contribution in [1.29, 1.82) is 0 Å². The van der Waals surface area contributed by atoms with Gasteiger partial charge in [0.1, 0.15) is 17.4 Å². The van der Waals surface area contributed by atoms with Crippen molar-refractivity contribution in [2.45, 2.75) is 32.1 Å². The molecule has 1 aliphatic rings. The van der Waals surface area contributed by atoms with Crippen molar-refractivity contribution >= 4 is 5.78 Å². The van der Waals surface area contributed by atoms with Crippen LogP contribution in [0.5, 0.6) is 0 Å². The Labute approximate surface area is 93.5 Å². The van der Waals surface area contributed by atoms with E-state index in [1.165, 1.54) is 6.07 Å². The highest BCUT2D eigenvalue weighted by molar-refractivity contribution is 5.83. The SMILES string of the molecule is O=C(CCCc1cc(F)ccc1F)C1CC1. The molecule has 0 radical (unpaired) electrons. The number of Topliss-reactive ketones (excluding diaryl/α,β-unsaturated/α-hetero) is 1. The summed E-state index contributed by atoms with van der Waals surface area (Å²) in [7, 11) is 0. The lowest BCUT2D eigenvalue weighted by Gasteiger charge is -2.03. The molecule has 3 heteroatoms. The topological polar surface area (TPSA) is 17.1 Å². The molecule has 0 aliphatic heterocycles. The summed E-state index contributed by atoms with van der Waals surface area (Å²) < 4.78 is 26.1. The van der Waals surface area contributed by atoms with Gasteiger partial charge in [-0.25, -0.2) is 8.78 Å². The zero-order chi connectivity index (χ0) is 11.5. The normalized spacial score (nSPS) is 15.1. The first-order chi connectivity index (χ1) is 7.66. The number of ketones is 1. The van der Waals surface area contributed by atoms with Crippen LogP contribution in [0.15, 0.2) is 18.2 Å². The van der Waals surface area contributed by atoms with E-state index in [2.05, 4.69) is 0 Å². The molecule has 1 aromatic carbocycles. The van der Waals surface area contributed by atoms with Crippen LogP contribution in [0.1, 0.15) is 31.2 Å². The zero-order valence-corrected chi connectivity index (χ0v) is 9.01. The summed E-state index contributed by atoms with van der Waals surface area (Å²) >= 11 is 0. The lowest BCUT2D eigenvalue weighted by atomic mass is 10.0. The van der Waals surface area contributed by atoms with Gasteiger partial charge >= 0.3 is 0 Å². The summed E-state index contributed by atoms with van der Waals surface area (Å²) in [5.41, 5.74) is 0.364. The van der Waals surface area contributed by atoms with Crippen molar-refractivity contribution in [3.8, 4) is 0 Å². The van der Waals surface area contributed by atoms with E-state index in [0.717, 1.165) is 25.0 Å². The number of carbonyl (C=O) groups is 1. The molecule has 1 aromatic rings. The third-order valence-corrected chi connectivity index (χ3v) is 2.91. The number of carbonyl (C=O) groups excluding carboxylic acids is 1. The van der Waals surface area contributed by atoms with Crippen LogP contribution in [0.25, 0.3) is 0 Å². The minimum absolute atomic E-state index is 0.261. The maximum Gasteiger partial charge on any atom is 0.135 e. The summed E-state index contributed by atoms with van der Waals surface area (Å²) in [6.07, 6.45) is 3.54. The van der Waals surface area contributed by atoms with Crippen molar-refractivity contribution < 1.29 is 13.6 Å².